The van der Waals surface area contributed by atoms with Gasteiger partial charge in [0.05, 0.1) is 7.11 Å². The van der Waals surface area contributed by atoms with Gasteiger partial charge < -0.3 is 15.4 Å². The summed E-state index contributed by atoms with van der Waals surface area (Å²) in [4.78, 5) is 35.1. The van der Waals surface area contributed by atoms with Crippen LogP contribution < -0.4 is 10.6 Å². The molecule has 0 saturated heterocycles. The number of nitrogens with one attached hydrogen (secondary N) is 2. The molecule has 0 aliphatic heterocycles. The minimum Gasteiger partial charge on any atom is -0.467 e. The van der Waals surface area contributed by atoms with E-state index in [2.05, 4.69) is 15.4 Å². The molecule has 0 aliphatic rings. The van der Waals surface area contributed by atoms with Crippen LogP contribution in [0.5, 0.6) is 0 Å². The van der Waals surface area contributed by atoms with E-state index < -0.39 is 12.0 Å². The molecule has 0 aliphatic carbocycles. The molecular weight excluding hydrogens is 272 g/mol. The molecule has 0 rings (SSSR count). The number of esters is 1. The number of carbonyl (C=O) groups excluding carboxylic acids is 3. The Hall–Kier alpha value is -1.59. The van der Waals surface area contributed by atoms with E-state index in [1.165, 1.54) is 7.11 Å². The van der Waals surface area contributed by atoms with Crippen LogP contribution in [0.25, 0.3) is 0 Å². The molecule has 0 heterocycles. The van der Waals surface area contributed by atoms with E-state index in [0.29, 0.717) is 6.42 Å². The van der Waals surface area contributed by atoms with Crippen LogP contribution in [-0.2, 0) is 19.1 Å². The van der Waals surface area contributed by atoms with Crippen LogP contribution in [0.15, 0.2) is 0 Å². The first-order valence-corrected chi connectivity index (χ1v) is 7.23. The fraction of sp³-hybridized carbons (Fsp3) is 0.800. The average molecular weight is 300 g/mol. The highest BCUT2D eigenvalue weighted by atomic mass is 16.5. The molecule has 0 fully saturated rings. The zero-order chi connectivity index (χ0) is 16.6. The average Bonchev–Trinajstić information content (AvgIpc) is 2.32. The quantitative estimate of drug-likeness (QED) is 0.696. The lowest BCUT2D eigenvalue weighted by Crippen LogP contribution is -2.43. The lowest BCUT2D eigenvalue weighted by Gasteiger charge is -2.21. The van der Waals surface area contributed by atoms with Gasteiger partial charge in [-0.3, -0.25) is 9.59 Å². The van der Waals surface area contributed by atoms with Crippen molar-refractivity contribution >= 4 is 17.8 Å². The van der Waals surface area contributed by atoms with Crippen LogP contribution in [0.3, 0.4) is 0 Å². The molecule has 1 atom stereocenters. The number of rotatable bonds is 7. The van der Waals surface area contributed by atoms with Crippen LogP contribution in [0, 0.1) is 5.92 Å². The Morgan fingerprint density at radius 3 is 2.00 bits per heavy atom. The molecule has 0 spiro atoms. The molecule has 6 heteroatoms. The van der Waals surface area contributed by atoms with E-state index >= 15 is 0 Å². The summed E-state index contributed by atoms with van der Waals surface area (Å²) >= 11 is 0. The molecule has 0 radical (unpaired) electrons. The van der Waals surface area contributed by atoms with E-state index in [0.717, 1.165) is 0 Å². The van der Waals surface area contributed by atoms with Gasteiger partial charge >= 0.3 is 5.97 Å². The lowest BCUT2D eigenvalue weighted by molar-refractivity contribution is -0.145. The molecule has 0 unspecified atom stereocenters. The lowest BCUT2D eigenvalue weighted by atomic mass is 10.0. The summed E-state index contributed by atoms with van der Waals surface area (Å²) in [5.41, 5.74) is -0.320. The Morgan fingerprint density at radius 1 is 1.05 bits per heavy atom. The fourth-order valence-corrected chi connectivity index (χ4v) is 1.80. The molecule has 2 amide bonds. The monoisotopic (exact) mass is 300 g/mol. The molecular formula is C15H28N2O4. The summed E-state index contributed by atoms with van der Waals surface area (Å²) in [6.07, 6.45) is 0.652. The maximum absolute atomic E-state index is 11.8. The van der Waals surface area contributed by atoms with Gasteiger partial charge in [0.1, 0.15) is 6.04 Å². The Morgan fingerprint density at radius 2 is 1.57 bits per heavy atom. The normalized spacial score (nSPS) is 12.7. The van der Waals surface area contributed by atoms with Gasteiger partial charge in [-0.25, -0.2) is 4.79 Å². The number of hydrogen-bond acceptors (Lipinski definition) is 4. The van der Waals surface area contributed by atoms with Crippen molar-refractivity contribution in [2.24, 2.45) is 5.92 Å². The topological polar surface area (TPSA) is 84.5 Å². The summed E-state index contributed by atoms with van der Waals surface area (Å²) < 4.78 is 4.67. The molecule has 2 N–H and O–H groups in total. The zero-order valence-electron chi connectivity index (χ0n) is 13.9. The Balaban J connectivity index is 4.32. The van der Waals surface area contributed by atoms with Gasteiger partial charge in [-0.1, -0.05) is 13.8 Å². The number of ether oxygens (including phenoxy) is 1. The van der Waals surface area contributed by atoms with Crippen molar-refractivity contribution in [3.8, 4) is 0 Å². The van der Waals surface area contributed by atoms with Gasteiger partial charge in [0, 0.05) is 18.4 Å². The first kappa shape index (κ1) is 19.4. The third kappa shape index (κ3) is 9.87. The third-order valence-corrected chi connectivity index (χ3v) is 2.62. The van der Waals surface area contributed by atoms with Gasteiger partial charge in [-0.2, -0.15) is 0 Å². The molecule has 0 bridgehead atoms. The first-order valence-electron chi connectivity index (χ1n) is 7.23. The van der Waals surface area contributed by atoms with Crippen LogP contribution in [0.2, 0.25) is 0 Å². The smallest absolute Gasteiger partial charge is 0.328 e. The van der Waals surface area contributed by atoms with Gasteiger partial charge in [0.15, 0.2) is 0 Å². The van der Waals surface area contributed by atoms with Crippen LogP contribution in [-0.4, -0.2) is 36.5 Å². The van der Waals surface area contributed by atoms with Crippen molar-refractivity contribution in [3.05, 3.63) is 0 Å². The highest BCUT2D eigenvalue weighted by Gasteiger charge is 2.23. The predicted octanol–water partition coefficient (Wildman–Crippen LogP) is 1.39. The summed E-state index contributed by atoms with van der Waals surface area (Å²) in [6, 6.07) is -0.659. The second-order valence-electron chi connectivity index (χ2n) is 6.57. The van der Waals surface area contributed by atoms with Gasteiger partial charge in [-0.05, 0) is 33.1 Å². The van der Waals surface area contributed by atoms with Crippen LogP contribution in [0.1, 0.15) is 53.9 Å². The van der Waals surface area contributed by atoms with Crippen molar-refractivity contribution in [2.75, 3.05) is 7.11 Å². The highest BCUT2D eigenvalue weighted by molar-refractivity contribution is 5.87. The van der Waals surface area contributed by atoms with E-state index in [9.17, 15) is 14.4 Å². The molecule has 122 valence electrons. The van der Waals surface area contributed by atoms with Crippen LogP contribution >= 0.6 is 0 Å². The zero-order valence-corrected chi connectivity index (χ0v) is 13.9. The maximum Gasteiger partial charge on any atom is 0.328 e. The minimum absolute atomic E-state index is 0.0491. The van der Waals surface area contributed by atoms with E-state index in [1.54, 1.807) is 0 Å². The van der Waals surface area contributed by atoms with Crippen LogP contribution in [0.4, 0.5) is 0 Å². The maximum atomic E-state index is 11.8. The Bertz CT molecular complexity index is 372. The first-order chi connectivity index (χ1) is 9.55. The van der Waals surface area contributed by atoms with Crippen molar-refractivity contribution < 1.29 is 19.1 Å². The highest BCUT2D eigenvalue weighted by Crippen LogP contribution is 2.07. The molecule has 0 saturated carbocycles. The third-order valence-electron chi connectivity index (χ3n) is 2.62. The van der Waals surface area contributed by atoms with Gasteiger partial charge in [0.2, 0.25) is 11.8 Å². The van der Waals surface area contributed by atoms with Crippen molar-refractivity contribution in [3.63, 3.8) is 0 Å². The Kier molecular flexibility index (Phi) is 7.99. The minimum atomic E-state index is -0.659. The molecule has 0 aromatic rings. The SMILES string of the molecule is COC(=O)[C@@H](CC(C)C)NC(=O)CCC(=O)NC(C)(C)C. The Labute approximate surface area is 127 Å². The summed E-state index contributed by atoms with van der Waals surface area (Å²) in [5.74, 6) is -0.721. The predicted molar refractivity (Wildman–Crippen MR) is 80.5 cm³/mol. The van der Waals surface area contributed by atoms with Gasteiger partial charge in [0.25, 0.3) is 0 Å². The molecule has 0 aromatic carbocycles. The summed E-state index contributed by atoms with van der Waals surface area (Å²) in [7, 11) is 1.29. The number of amides is 2. The number of hydrogen-bond donors (Lipinski definition) is 2. The molecule has 0 aromatic heterocycles. The van der Waals surface area contributed by atoms with Crippen molar-refractivity contribution in [1.29, 1.82) is 0 Å². The number of carbonyl (C=O) groups is 3. The van der Waals surface area contributed by atoms with E-state index in [1.807, 2.05) is 34.6 Å². The fourth-order valence-electron chi connectivity index (χ4n) is 1.80. The van der Waals surface area contributed by atoms with Gasteiger partial charge in [-0.15, -0.1) is 0 Å². The van der Waals surface area contributed by atoms with Crippen molar-refractivity contribution in [2.45, 2.75) is 65.5 Å². The van der Waals surface area contributed by atoms with Crippen molar-refractivity contribution in [1.82, 2.24) is 10.6 Å². The number of methoxy groups -OCH3 is 1. The molecule has 6 nitrogen and oxygen atoms in total. The largest absolute Gasteiger partial charge is 0.467 e. The standard InChI is InChI=1S/C15H28N2O4/c1-10(2)9-11(14(20)21-6)16-12(18)7-8-13(19)17-15(3,4)5/h10-11H,7-9H2,1-6H3,(H,16,18)(H,17,19)/t11-/m1/s1. The van der Waals surface area contributed by atoms with E-state index in [4.69, 9.17) is 0 Å². The van der Waals surface area contributed by atoms with E-state index in [-0.39, 0.29) is 36.1 Å². The second-order valence-corrected chi connectivity index (χ2v) is 6.57. The molecule has 21 heavy (non-hydrogen) atoms. The second kappa shape index (κ2) is 8.64. The summed E-state index contributed by atoms with van der Waals surface area (Å²) in [6.45, 7) is 9.54. The summed E-state index contributed by atoms with van der Waals surface area (Å²) in [5, 5.41) is 5.41.